The molecule has 0 aliphatic heterocycles. The lowest BCUT2D eigenvalue weighted by Crippen LogP contribution is -2.28. The maximum atomic E-state index is 13.6. The van der Waals surface area contributed by atoms with E-state index in [2.05, 4.69) is 5.32 Å². The number of hydrogen-bond acceptors (Lipinski definition) is 3. The monoisotopic (exact) mass is 369 g/mol. The van der Waals surface area contributed by atoms with Gasteiger partial charge >= 0.3 is 5.97 Å². The van der Waals surface area contributed by atoms with Crippen LogP contribution < -0.4 is 5.32 Å². The summed E-state index contributed by atoms with van der Waals surface area (Å²) >= 11 is 11.6. The molecule has 0 spiro atoms. The van der Waals surface area contributed by atoms with Gasteiger partial charge in [-0.05, 0) is 29.8 Å². The fourth-order valence-corrected chi connectivity index (χ4v) is 2.25. The smallest absolute Gasteiger partial charge is 0.310 e. The molecule has 0 fully saturated rings. The third-order valence-corrected chi connectivity index (χ3v) is 3.76. The van der Waals surface area contributed by atoms with E-state index in [1.54, 1.807) is 24.3 Å². The molecule has 2 aromatic carbocycles. The van der Waals surface area contributed by atoms with Crippen LogP contribution in [0.25, 0.3) is 0 Å². The molecule has 0 atom stereocenters. The van der Waals surface area contributed by atoms with Crippen LogP contribution in [-0.2, 0) is 27.3 Å². The molecule has 0 aliphatic rings. The summed E-state index contributed by atoms with van der Waals surface area (Å²) in [5.74, 6) is -1.78. The maximum absolute atomic E-state index is 13.6. The molecule has 4 nitrogen and oxygen atoms in total. The highest BCUT2D eigenvalue weighted by atomic mass is 35.5. The lowest BCUT2D eigenvalue weighted by molar-refractivity contribution is -0.147. The van der Waals surface area contributed by atoms with Crippen LogP contribution in [0.15, 0.2) is 42.5 Å². The summed E-state index contributed by atoms with van der Waals surface area (Å²) in [6.45, 7) is -0.162. The second-order valence-corrected chi connectivity index (χ2v) is 5.78. The molecular formula is C17H14Cl2FNO3. The zero-order valence-corrected chi connectivity index (χ0v) is 14.0. The molecular weight excluding hydrogens is 356 g/mol. The zero-order chi connectivity index (χ0) is 17.5. The predicted octanol–water partition coefficient (Wildman–Crippen LogP) is 3.53. The Morgan fingerprint density at radius 3 is 2.46 bits per heavy atom. The van der Waals surface area contributed by atoms with Crippen molar-refractivity contribution >= 4 is 35.1 Å². The first-order valence-electron chi connectivity index (χ1n) is 7.05. The van der Waals surface area contributed by atoms with Gasteiger partial charge in [0.25, 0.3) is 5.91 Å². The van der Waals surface area contributed by atoms with Crippen LogP contribution in [-0.4, -0.2) is 18.5 Å². The van der Waals surface area contributed by atoms with Gasteiger partial charge in [0.2, 0.25) is 0 Å². The first-order valence-corrected chi connectivity index (χ1v) is 7.81. The summed E-state index contributed by atoms with van der Waals surface area (Å²) in [6.07, 6.45) is -0.337. The minimum atomic E-state index is -0.733. The van der Waals surface area contributed by atoms with Crippen LogP contribution in [0.2, 0.25) is 10.0 Å². The second-order valence-electron chi connectivity index (χ2n) is 4.94. The molecule has 0 heterocycles. The van der Waals surface area contributed by atoms with E-state index in [0.29, 0.717) is 5.02 Å². The van der Waals surface area contributed by atoms with Gasteiger partial charge in [-0.15, -0.1) is 0 Å². The molecule has 7 heteroatoms. The summed E-state index contributed by atoms with van der Waals surface area (Å²) in [4.78, 5) is 23.4. The van der Waals surface area contributed by atoms with Gasteiger partial charge < -0.3 is 10.1 Å². The van der Waals surface area contributed by atoms with Crippen molar-refractivity contribution in [3.63, 3.8) is 0 Å². The van der Waals surface area contributed by atoms with Crippen LogP contribution in [0, 0.1) is 5.82 Å². The Kier molecular flexibility index (Phi) is 6.58. The number of rotatable bonds is 6. The van der Waals surface area contributed by atoms with E-state index in [-0.39, 0.29) is 23.6 Å². The highest BCUT2D eigenvalue weighted by Gasteiger charge is 2.14. The standard InChI is InChI=1S/C17H14Cl2FNO3/c18-12-6-4-11(5-7-12)9-21-16(22)10-24-17(23)8-13-14(19)2-1-3-15(13)20/h1-7H,8-10H2,(H,21,22). The van der Waals surface area contributed by atoms with Crippen molar-refractivity contribution in [2.75, 3.05) is 6.61 Å². The summed E-state index contributed by atoms with van der Waals surface area (Å²) in [5, 5.41) is 3.34. The minimum absolute atomic E-state index is 0.0470. The number of benzene rings is 2. The Balaban J connectivity index is 1.77. The van der Waals surface area contributed by atoms with E-state index in [1.807, 2.05) is 0 Å². The van der Waals surface area contributed by atoms with Gasteiger partial charge in [0, 0.05) is 22.2 Å². The minimum Gasteiger partial charge on any atom is -0.455 e. The number of ether oxygens (including phenoxy) is 1. The maximum Gasteiger partial charge on any atom is 0.310 e. The van der Waals surface area contributed by atoms with Gasteiger partial charge in [0.1, 0.15) is 5.82 Å². The topological polar surface area (TPSA) is 55.4 Å². The molecule has 24 heavy (non-hydrogen) atoms. The van der Waals surface area contributed by atoms with E-state index in [0.717, 1.165) is 5.56 Å². The van der Waals surface area contributed by atoms with Crippen molar-refractivity contribution in [1.29, 1.82) is 0 Å². The molecule has 0 saturated carbocycles. The fourth-order valence-electron chi connectivity index (χ4n) is 1.90. The van der Waals surface area contributed by atoms with Crippen molar-refractivity contribution < 1.29 is 18.7 Å². The number of esters is 1. The number of halogens is 3. The normalized spacial score (nSPS) is 10.3. The first kappa shape index (κ1) is 18.2. The van der Waals surface area contributed by atoms with Crippen LogP contribution in [0.4, 0.5) is 4.39 Å². The molecule has 0 saturated heterocycles. The molecule has 0 unspecified atom stereocenters. The van der Waals surface area contributed by atoms with E-state index < -0.39 is 24.3 Å². The van der Waals surface area contributed by atoms with Crippen LogP contribution in [0.5, 0.6) is 0 Å². The molecule has 2 rings (SSSR count). The van der Waals surface area contributed by atoms with Crippen molar-refractivity contribution in [1.82, 2.24) is 5.32 Å². The molecule has 0 bridgehead atoms. The van der Waals surface area contributed by atoms with E-state index in [4.69, 9.17) is 27.9 Å². The largest absolute Gasteiger partial charge is 0.455 e. The quantitative estimate of drug-likeness (QED) is 0.792. The molecule has 0 aromatic heterocycles. The third kappa shape index (κ3) is 5.51. The number of amides is 1. The summed E-state index contributed by atoms with van der Waals surface area (Å²) in [7, 11) is 0. The van der Waals surface area contributed by atoms with Gasteiger partial charge in [-0.25, -0.2) is 4.39 Å². The van der Waals surface area contributed by atoms with Gasteiger partial charge in [-0.1, -0.05) is 41.4 Å². The number of nitrogens with one attached hydrogen (secondary N) is 1. The highest BCUT2D eigenvalue weighted by molar-refractivity contribution is 6.31. The SMILES string of the molecule is O=C(COC(=O)Cc1c(F)cccc1Cl)NCc1ccc(Cl)cc1. The van der Waals surface area contributed by atoms with Crippen LogP contribution in [0.3, 0.4) is 0 Å². The average molecular weight is 370 g/mol. The Bertz CT molecular complexity index is 715. The summed E-state index contributed by atoms with van der Waals surface area (Å²) < 4.78 is 18.4. The molecule has 1 N–H and O–H groups in total. The molecule has 126 valence electrons. The van der Waals surface area contributed by atoms with Gasteiger partial charge in [-0.3, -0.25) is 9.59 Å². The van der Waals surface area contributed by atoms with Gasteiger partial charge in [0.15, 0.2) is 6.61 Å². The van der Waals surface area contributed by atoms with E-state index in [9.17, 15) is 14.0 Å². The number of hydrogen-bond donors (Lipinski definition) is 1. The molecule has 1 amide bonds. The fraction of sp³-hybridized carbons (Fsp3) is 0.176. The first-order chi connectivity index (χ1) is 11.5. The van der Waals surface area contributed by atoms with Crippen LogP contribution in [0.1, 0.15) is 11.1 Å². The number of carbonyl (C=O) groups excluding carboxylic acids is 2. The highest BCUT2D eigenvalue weighted by Crippen LogP contribution is 2.19. The van der Waals surface area contributed by atoms with E-state index >= 15 is 0 Å². The Hall–Kier alpha value is -2.11. The molecule has 0 aliphatic carbocycles. The number of carbonyl (C=O) groups is 2. The average Bonchev–Trinajstić information content (AvgIpc) is 2.56. The second kappa shape index (κ2) is 8.66. The van der Waals surface area contributed by atoms with Crippen molar-refractivity contribution in [3.8, 4) is 0 Å². The molecule has 0 radical (unpaired) electrons. The Labute approximate surface area is 148 Å². The third-order valence-electron chi connectivity index (χ3n) is 3.15. The zero-order valence-electron chi connectivity index (χ0n) is 12.5. The molecule has 2 aromatic rings. The lowest BCUT2D eigenvalue weighted by Gasteiger charge is -2.08. The van der Waals surface area contributed by atoms with Gasteiger partial charge in [-0.2, -0.15) is 0 Å². The predicted molar refractivity (Wildman–Crippen MR) is 89.4 cm³/mol. The summed E-state index contributed by atoms with van der Waals surface area (Å²) in [6, 6.07) is 11.1. The lowest BCUT2D eigenvalue weighted by atomic mass is 10.1. The van der Waals surface area contributed by atoms with Crippen molar-refractivity contribution in [2.45, 2.75) is 13.0 Å². The van der Waals surface area contributed by atoms with Gasteiger partial charge in [0.05, 0.1) is 6.42 Å². The Morgan fingerprint density at radius 1 is 1.08 bits per heavy atom. The van der Waals surface area contributed by atoms with Crippen molar-refractivity contribution in [3.05, 3.63) is 69.5 Å². The summed E-state index contributed by atoms with van der Waals surface area (Å²) in [5.41, 5.74) is 0.906. The van der Waals surface area contributed by atoms with Crippen LogP contribution >= 0.6 is 23.2 Å². The van der Waals surface area contributed by atoms with Crippen molar-refractivity contribution in [2.24, 2.45) is 0 Å². The van der Waals surface area contributed by atoms with E-state index in [1.165, 1.54) is 18.2 Å². The Morgan fingerprint density at radius 2 is 1.79 bits per heavy atom.